The van der Waals surface area contributed by atoms with Crippen molar-refractivity contribution in [3.05, 3.63) is 57.3 Å². The van der Waals surface area contributed by atoms with E-state index in [1.165, 1.54) is 0 Å². The molecule has 3 nitrogen and oxygen atoms in total. The second-order valence-electron chi connectivity index (χ2n) is 4.77. The van der Waals surface area contributed by atoms with Crippen molar-refractivity contribution in [2.45, 2.75) is 20.1 Å². The molecule has 3 rings (SSSR count). The van der Waals surface area contributed by atoms with Crippen molar-refractivity contribution < 1.29 is 4.74 Å². The third-order valence-corrected chi connectivity index (χ3v) is 4.12. The lowest BCUT2D eigenvalue weighted by molar-refractivity contribution is 0.291. The molecular weight excluding hydrogens is 343 g/mol. The first kappa shape index (κ1) is 15.5. The van der Waals surface area contributed by atoms with E-state index in [1.54, 1.807) is 18.2 Å². The van der Waals surface area contributed by atoms with Gasteiger partial charge in [-0.25, -0.2) is 4.98 Å². The molecule has 0 aliphatic carbocycles. The lowest BCUT2D eigenvalue weighted by Gasteiger charge is -2.09. The fourth-order valence-corrected chi connectivity index (χ4v) is 2.98. The van der Waals surface area contributed by atoms with E-state index < -0.39 is 0 Å². The molecule has 0 N–H and O–H groups in total. The summed E-state index contributed by atoms with van der Waals surface area (Å²) in [5.41, 5.74) is 1.89. The minimum absolute atomic E-state index is 0.321. The third-order valence-electron chi connectivity index (χ3n) is 3.36. The molecule has 0 radical (unpaired) electrons. The first-order valence-electron chi connectivity index (χ1n) is 6.81. The summed E-state index contributed by atoms with van der Waals surface area (Å²) in [6.45, 7) is 3.18. The van der Waals surface area contributed by atoms with E-state index in [1.807, 2.05) is 18.2 Å². The first-order chi connectivity index (χ1) is 10.6. The molecule has 22 heavy (non-hydrogen) atoms. The van der Waals surface area contributed by atoms with Crippen LogP contribution < -0.4 is 4.74 Å². The standard InChI is InChI=1S/C16H13Cl3N2O/c1-2-21-14-5-3-11(18)8-13(14)20-16(21)9-22-15-6-4-10(17)7-12(15)19/h3-8H,2,9H2,1H3. The second kappa shape index (κ2) is 6.37. The summed E-state index contributed by atoms with van der Waals surface area (Å²) >= 11 is 18.0. The van der Waals surface area contributed by atoms with Gasteiger partial charge in [-0.05, 0) is 43.3 Å². The number of hydrogen-bond donors (Lipinski definition) is 0. The molecule has 0 unspecified atom stereocenters. The maximum atomic E-state index is 6.11. The summed E-state index contributed by atoms with van der Waals surface area (Å²) in [4.78, 5) is 4.59. The van der Waals surface area contributed by atoms with Crippen LogP contribution >= 0.6 is 34.8 Å². The quantitative estimate of drug-likeness (QED) is 0.609. The van der Waals surface area contributed by atoms with E-state index in [0.29, 0.717) is 27.4 Å². The minimum atomic E-state index is 0.321. The normalized spacial score (nSPS) is 11.1. The van der Waals surface area contributed by atoms with Crippen molar-refractivity contribution in [2.75, 3.05) is 0 Å². The van der Waals surface area contributed by atoms with Gasteiger partial charge in [-0.2, -0.15) is 0 Å². The Bertz CT molecular complexity index is 830. The van der Waals surface area contributed by atoms with E-state index in [4.69, 9.17) is 39.5 Å². The summed E-state index contributed by atoms with van der Waals surface area (Å²) in [5, 5.41) is 1.73. The fraction of sp³-hybridized carbons (Fsp3) is 0.188. The SMILES string of the molecule is CCn1c(COc2ccc(Cl)cc2Cl)nc2cc(Cl)ccc21. The Morgan fingerprint density at radius 3 is 2.50 bits per heavy atom. The van der Waals surface area contributed by atoms with Gasteiger partial charge < -0.3 is 9.30 Å². The molecule has 0 aliphatic heterocycles. The average Bonchev–Trinajstić information content (AvgIpc) is 2.82. The van der Waals surface area contributed by atoms with Gasteiger partial charge in [0.25, 0.3) is 0 Å². The van der Waals surface area contributed by atoms with Crippen molar-refractivity contribution >= 4 is 45.8 Å². The molecule has 0 saturated carbocycles. The molecule has 2 aromatic carbocycles. The summed E-state index contributed by atoms with van der Waals surface area (Å²) in [6.07, 6.45) is 0. The van der Waals surface area contributed by atoms with E-state index in [0.717, 1.165) is 23.4 Å². The Kier molecular flexibility index (Phi) is 4.48. The molecule has 0 amide bonds. The van der Waals surface area contributed by atoms with Crippen molar-refractivity contribution in [3.63, 3.8) is 0 Å². The van der Waals surface area contributed by atoms with Crippen LogP contribution in [0.1, 0.15) is 12.7 Å². The van der Waals surface area contributed by atoms with Gasteiger partial charge in [-0.15, -0.1) is 0 Å². The van der Waals surface area contributed by atoms with Gasteiger partial charge in [0.2, 0.25) is 0 Å². The van der Waals surface area contributed by atoms with Crippen LogP contribution in [0.4, 0.5) is 0 Å². The van der Waals surface area contributed by atoms with Gasteiger partial charge in [0, 0.05) is 16.6 Å². The average molecular weight is 356 g/mol. The summed E-state index contributed by atoms with van der Waals surface area (Å²) in [6, 6.07) is 10.8. The number of benzene rings is 2. The molecule has 0 spiro atoms. The molecule has 6 heteroatoms. The molecule has 0 atom stereocenters. The van der Waals surface area contributed by atoms with Crippen molar-refractivity contribution in [1.82, 2.24) is 9.55 Å². The van der Waals surface area contributed by atoms with Crippen LogP contribution in [-0.2, 0) is 13.2 Å². The molecular formula is C16H13Cl3N2O. The third kappa shape index (κ3) is 3.02. The zero-order chi connectivity index (χ0) is 15.7. The Hall–Kier alpha value is -1.42. The number of nitrogens with zero attached hydrogens (tertiary/aromatic N) is 2. The molecule has 0 bridgehead atoms. The smallest absolute Gasteiger partial charge is 0.147 e. The topological polar surface area (TPSA) is 27.1 Å². The second-order valence-corrected chi connectivity index (χ2v) is 6.05. The first-order valence-corrected chi connectivity index (χ1v) is 7.94. The summed E-state index contributed by atoms with van der Waals surface area (Å²) in [5.74, 6) is 1.41. The van der Waals surface area contributed by atoms with Gasteiger partial charge in [-0.3, -0.25) is 0 Å². The largest absolute Gasteiger partial charge is 0.484 e. The number of ether oxygens (including phenoxy) is 1. The van der Waals surface area contributed by atoms with Crippen LogP contribution in [0.2, 0.25) is 15.1 Å². The minimum Gasteiger partial charge on any atom is -0.484 e. The number of rotatable bonds is 4. The molecule has 0 aliphatic rings. The number of imidazole rings is 1. The van der Waals surface area contributed by atoms with E-state index >= 15 is 0 Å². The van der Waals surface area contributed by atoms with Crippen LogP contribution in [0.5, 0.6) is 5.75 Å². The maximum Gasteiger partial charge on any atom is 0.147 e. The highest BCUT2D eigenvalue weighted by Crippen LogP contribution is 2.28. The van der Waals surface area contributed by atoms with Crippen LogP contribution in [0.25, 0.3) is 11.0 Å². The number of halogens is 3. The highest BCUT2D eigenvalue weighted by molar-refractivity contribution is 6.35. The van der Waals surface area contributed by atoms with Crippen LogP contribution in [0.3, 0.4) is 0 Å². The van der Waals surface area contributed by atoms with Crippen LogP contribution in [0.15, 0.2) is 36.4 Å². The summed E-state index contributed by atoms with van der Waals surface area (Å²) in [7, 11) is 0. The Morgan fingerprint density at radius 1 is 1.05 bits per heavy atom. The van der Waals surface area contributed by atoms with Crippen molar-refractivity contribution in [3.8, 4) is 5.75 Å². The van der Waals surface area contributed by atoms with Gasteiger partial charge in [-0.1, -0.05) is 34.8 Å². The van der Waals surface area contributed by atoms with Gasteiger partial charge in [0.1, 0.15) is 18.2 Å². The lowest BCUT2D eigenvalue weighted by atomic mass is 10.3. The number of aromatic nitrogens is 2. The predicted octanol–water partition coefficient (Wildman–Crippen LogP) is 5.60. The van der Waals surface area contributed by atoms with Crippen molar-refractivity contribution in [1.29, 1.82) is 0 Å². The zero-order valence-corrected chi connectivity index (χ0v) is 14.1. The molecule has 114 valence electrons. The Balaban J connectivity index is 1.90. The van der Waals surface area contributed by atoms with Gasteiger partial charge in [0.05, 0.1) is 16.1 Å². The molecule has 1 aromatic heterocycles. The Morgan fingerprint density at radius 2 is 1.77 bits per heavy atom. The highest BCUT2D eigenvalue weighted by Gasteiger charge is 2.11. The maximum absolute atomic E-state index is 6.11. The van der Waals surface area contributed by atoms with E-state index in [2.05, 4.69) is 16.5 Å². The number of hydrogen-bond acceptors (Lipinski definition) is 2. The Labute approximate surface area is 143 Å². The van der Waals surface area contributed by atoms with Crippen LogP contribution in [-0.4, -0.2) is 9.55 Å². The number of fused-ring (bicyclic) bond motifs is 1. The van der Waals surface area contributed by atoms with Gasteiger partial charge >= 0.3 is 0 Å². The van der Waals surface area contributed by atoms with Gasteiger partial charge in [0.15, 0.2) is 0 Å². The molecule has 0 saturated heterocycles. The zero-order valence-electron chi connectivity index (χ0n) is 11.8. The highest BCUT2D eigenvalue weighted by atomic mass is 35.5. The molecule has 3 aromatic rings. The van der Waals surface area contributed by atoms with E-state index in [9.17, 15) is 0 Å². The van der Waals surface area contributed by atoms with E-state index in [-0.39, 0.29) is 0 Å². The lowest BCUT2D eigenvalue weighted by Crippen LogP contribution is -2.06. The molecule has 1 heterocycles. The predicted molar refractivity (Wildman–Crippen MR) is 91.2 cm³/mol. The summed E-state index contributed by atoms with van der Waals surface area (Å²) < 4.78 is 7.87. The van der Waals surface area contributed by atoms with Crippen molar-refractivity contribution in [2.24, 2.45) is 0 Å². The fourth-order valence-electron chi connectivity index (χ4n) is 2.35. The molecule has 0 fully saturated rings. The number of aryl methyl sites for hydroxylation is 1. The van der Waals surface area contributed by atoms with Crippen LogP contribution in [0, 0.1) is 0 Å². The monoisotopic (exact) mass is 354 g/mol.